The van der Waals surface area contributed by atoms with Gasteiger partial charge in [0, 0.05) is 43.6 Å². The first-order valence-corrected chi connectivity index (χ1v) is 8.85. The maximum atomic E-state index is 12.6. The van der Waals surface area contributed by atoms with E-state index in [2.05, 4.69) is 16.0 Å². The van der Waals surface area contributed by atoms with Crippen molar-refractivity contribution in [1.29, 1.82) is 0 Å². The van der Waals surface area contributed by atoms with Crippen LogP contribution in [0.4, 0.5) is 22.7 Å². The lowest BCUT2D eigenvalue weighted by atomic mass is 10.1. The van der Waals surface area contributed by atoms with Crippen LogP contribution in [0.3, 0.4) is 0 Å². The van der Waals surface area contributed by atoms with Gasteiger partial charge in [-0.05, 0) is 24.3 Å². The van der Waals surface area contributed by atoms with Crippen molar-refractivity contribution in [3.8, 4) is 0 Å². The Morgan fingerprint density at radius 3 is 2.71 bits per heavy atom. The van der Waals surface area contributed by atoms with E-state index in [0.29, 0.717) is 35.2 Å². The number of nitro groups is 1. The van der Waals surface area contributed by atoms with Gasteiger partial charge in [0.2, 0.25) is 5.91 Å². The van der Waals surface area contributed by atoms with Gasteiger partial charge in [-0.15, -0.1) is 0 Å². The van der Waals surface area contributed by atoms with Gasteiger partial charge in [-0.3, -0.25) is 19.7 Å². The molecule has 146 valence electrons. The average molecular weight is 404 g/mol. The van der Waals surface area contributed by atoms with Crippen molar-refractivity contribution in [2.75, 3.05) is 42.2 Å². The Bertz CT molecular complexity index is 950. The number of hydrogen-bond acceptors (Lipinski definition) is 6. The number of hydrogen-bond donors (Lipinski definition) is 3. The molecular weight excluding hydrogens is 386 g/mol. The van der Waals surface area contributed by atoms with Crippen LogP contribution in [0.25, 0.3) is 0 Å². The average Bonchev–Trinajstić information content (AvgIpc) is 2.67. The van der Waals surface area contributed by atoms with Gasteiger partial charge in [0.05, 0.1) is 27.7 Å². The molecule has 9 nitrogen and oxygen atoms in total. The van der Waals surface area contributed by atoms with Crippen molar-refractivity contribution in [3.63, 3.8) is 0 Å². The normalized spacial score (nSPS) is 13.6. The van der Waals surface area contributed by atoms with Gasteiger partial charge in [0.25, 0.3) is 11.6 Å². The van der Waals surface area contributed by atoms with Crippen molar-refractivity contribution in [3.05, 3.63) is 57.1 Å². The zero-order chi connectivity index (χ0) is 20.3. The van der Waals surface area contributed by atoms with Gasteiger partial charge < -0.3 is 20.9 Å². The molecule has 3 rings (SSSR count). The molecule has 0 aliphatic carbocycles. The second-order valence-electron chi connectivity index (χ2n) is 6.13. The van der Waals surface area contributed by atoms with Crippen LogP contribution in [0.2, 0.25) is 5.02 Å². The zero-order valence-electron chi connectivity index (χ0n) is 15.0. The number of non-ortho nitro benzene ring substituents is 1. The summed E-state index contributed by atoms with van der Waals surface area (Å²) in [6.45, 7) is 1.38. The Morgan fingerprint density at radius 1 is 1.29 bits per heavy atom. The molecule has 28 heavy (non-hydrogen) atoms. The number of amides is 2. The Hall–Kier alpha value is -3.33. The highest BCUT2D eigenvalue weighted by molar-refractivity contribution is 6.33. The Balaban J connectivity index is 1.81. The van der Waals surface area contributed by atoms with Gasteiger partial charge in [0.15, 0.2) is 0 Å². The third kappa shape index (κ3) is 4.15. The topological polar surface area (TPSA) is 117 Å². The molecule has 0 radical (unpaired) electrons. The number of nitrogens with zero attached hydrogens (tertiary/aromatic N) is 2. The molecule has 2 amide bonds. The zero-order valence-corrected chi connectivity index (χ0v) is 15.7. The second-order valence-corrected chi connectivity index (χ2v) is 6.54. The molecule has 1 saturated heterocycles. The minimum Gasteiger partial charge on any atom is -0.387 e. The van der Waals surface area contributed by atoms with E-state index >= 15 is 0 Å². The number of rotatable bonds is 5. The first-order chi connectivity index (χ1) is 13.4. The summed E-state index contributed by atoms with van der Waals surface area (Å²) in [5, 5.41) is 19.7. The molecular formula is C18H18ClN5O4. The van der Waals surface area contributed by atoms with Crippen molar-refractivity contribution in [2.24, 2.45) is 0 Å². The van der Waals surface area contributed by atoms with Gasteiger partial charge in [-0.1, -0.05) is 11.6 Å². The summed E-state index contributed by atoms with van der Waals surface area (Å²) in [6, 6.07) is 8.99. The van der Waals surface area contributed by atoms with Crippen LogP contribution in [0.1, 0.15) is 10.4 Å². The van der Waals surface area contributed by atoms with Crippen LogP contribution in [0.15, 0.2) is 36.4 Å². The van der Waals surface area contributed by atoms with E-state index in [4.69, 9.17) is 11.6 Å². The van der Waals surface area contributed by atoms with E-state index in [0.717, 1.165) is 0 Å². The fourth-order valence-electron chi connectivity index (χ4n) is 2.94. The fraction of sp³-hybridized carbons (Fsp3) is 0.222. The first-order valence-electron chi connectivity index (χ1n) is 8.48. The van der Waals surface area contributed by atoms with Crippen molar-refractivity contribution in [2.45, 2.75) is 0 Å². The number of halogens is 1. The largest absolute Gasteiger partial charge is 0.387 e. The highest BCUT2D eigenvalue weighted by Gasteiger charge is 2.20. The highest BCUT2D eigenvalue weighted by atomic mass is 35.5. The van der Waals surface area contributed by atoms with Crippen LogP contribution >= 0.6 is 11.6 Å². The number of carbonyl (C=O) groups is 2. The minimum atomic E-state index is -0.559. The van der Waals surface area contributed by atoms with Crippen LogP contribution in [0.5, 0.6) is 0 Å². The molecule has 2 aromatic rings. The maximum absolute atomic E-state index is 12.6. The number of anilines is 3. The molecule has 0 unspecified atom stereocenters. The third-order valence-corrected chi connectivity index (χ3v) is 4.62. The molecule has 0 spiro atoms. The van der Waals surface area contributed by atoms with E-state index in [1.54, 1.807) is 25.2 Å². The summed E-state index contributed by atoms with van der Waals surface area (Å²) in [7, 11) is 1.62. The van der Waals surface area contributed by atoms with E-state index < -0.39 is 10.8 Å². The maximum Gasteiger partial charge on any atom is 0.270 e. The van der Waals surface area contributed by atoms with E-state index in [1.165, 1.54) is 18.2 Å². The van der Waals surface area contributed by atoms with Crippen molar-refractivity contribution in [1.82, 2.24) is 5.32 Å². The fourth-order valence-corrected chi connectivity index (χ4v) is 3.24. The lowest BCUT2D eigenvalue weighted by Gasteiger charge is -2.29. The lowest BCUT2D eigenvalue weighted by Crippen LogP contribution is -2.47. The number of nitrogens with one attached hydrogen (secondary N) is 3. The smallest absolute Gasteiger partial charge is 0.270 e. The number of nitro benzene ring substituents is 1. The second kappa shape index (κ2) is 8.13. The molecule has 0 saturated carbocycles. The van der Waals surface area contributed by atoms with Crippen LogP contribution in [-0.4, -0.2) is 43.4 Å². The SMILES string of the molecule is CNc1ccc([N+](=O)[O-])cc1C(=O)Nc1ccc(N2CCNC(=O)C2)c(Cl)c1. The third-order valence-electron chi connectivity index (χ3n) is 4.31. The molecule has 0 aromatic heterocycles. The molecule has 1 aliphatic rings. The van der Waals surface area contributed by atoms with Crippen LogP contribution in [0, 0.1) is 10.1 Å². The van der Waals surface area contributed by atoms with Gasteiger partial charge in [0.1, 0.15) is 0 Å². The summed E-state index contributed by atoms with van der Waals surface area (Å²) in [4.78, 5) is 36.5. The van der Waals surface area contributed by atoms with Crippen molar-refractivity contribution >= 4 is 46.2 Å². The van der Waals surface area contributed by atoms with Gasteiger partial charge in [-0.2, -0.15) is 0 Å². The molecule has 2 aromatic carbocycles. The van der Waals surface area contributed by atoms with E-state index in [1.807, 2.05) is 4.90 Å². The monoisotopic (exact) mass is 403 g/mol. The summed E-state index contributed by atoms with van der Waals surface area (Å²) in [5.41, 5.74) is 1.56. The predicted octanol–water partition coefficient (Wildman–Crippen LogP) is 2.48. The Kier molecular flexibility index (Phi) is 5.65. The molecule has 0 bridgehead atoms. The Labute approximate surface area is 165 Å². The minimum absolute atomic E-state index is 0.0787. The summed E-state index contributed by atoms with van der Waals surface area (Å²) >= 11 is 6.34. The molecule has 3 N–H and O–H groups in total. The van der Waals surface area contributed by atoms with Crippen LogP contribution < -0.4 is 20.9 Å². The summed E-state index contributed by atoms with van der Waals surface area (Å²) in [5.74, 6) is -0.584. The standard InChI is InChI=1S/C18H18ClN5O4/c1-20-15-4-3-12(24(27)28)9-13(15)18(26)22-11-2-5-16(14(19)8-11)23-7-6-21-17(25)10-23/h2-5,8-9,20H,6-7,10H2,1H3,(H,21,25)(H,22,26). The van der Waals surface area contributed by atoms with Gasteiger partial charge in [-0.25, -0.2) is 0 Å². The summed E-state index contributed by atoms with van der Waals surface area (Å²) in [6.07, 6.45) is 0. The predicted molar refractivity (Wildman–Crippen MR) is 107 cm³/mol. The van der Waals surface area contributed by atoms with Crippen LogP contribution in [-0.2, 0) is 4.79 Å². The number of carbonyl (C=O) groups excluding carboxylic acids is 2. The molecule has 10 heteroatoms. The molecule has 1 heterocycles. The lowest BCUT2D eigenvalue weighted by molar-refractivity contribution is -0.384. The molecule has 1 fully saturated rings. The van der Waals surface area contributed by atoms with Gasteiger partial charge >= 0.3 is 0 Å². The highest BCUT2D eigenvalue weighted by Crippen LogP contribution is 2.30. The quantitative estimate of drug-likeness (QED) is 0.521. The van der Waals surface area contributed by atoms with Crippen molar-refractivity contribution < 1.29 is 14.5 Å². The summed E-state index contributed by atoms with van der Waals surface area (Å²) < 4.78 is 0. The van der Waals surface area contributed by atoms with E-state index in [-0.39, 0.29) is 23.7 Å². The van der Waals surface area contributed by atoms with E-state index in [9.17, 15) is 19.7 Å². The number of benzene rings is 2. The first kappa shape index (κ1) is 19.4. The molecule has 1 aliphatic heterocycles. The molecule has 0 atom stereocenters. The number of piperazine rings is 1. The Morgan fingerprint density at radius 2 is 2.07 bits per heavy atom.